The fourth-order valence-electron chi connectivity index (χ4n) is 3.60. The summed E-state index contributed by atoms with van der Waals surface area (Å²) in [6, 6.07) is 18.5. The second-order valence-electron chi connectivity index (χ2n) is 6.41. The first-order valence-corrected chi connectivity index (χ1v) is 8.55. The molecule has 0 atom stereocenters. The molecule has 6 heteroatoms. The molecule has 26 heavy (non-hydrogen) atoms. The van der Waals surface area contributed by atoms with E-state index in [9.17, 15) is 0 Å². The van der Waals surface area contributed by atoms with Crippen molar-refractivity contribution in [1.82, 2.24) is 14.5 Å². The summed E-state index contributed by atoms with van der Waals surface area (Å²) in [4.78, 5) is 11.1. The average Bonchev–Trinajstić information content (AvgIpc) is 3.23. The molecule has 0 saturated carbocycles. The molecule has 2 aromatic carbocycles. The normalized spacial score (nSPS) is 13.3. The zero-order chi connectivity index (χ0) is 17.7. The van der Waals surface area contributed by atoms with Gasteiger partial charge in [-0.25, -0.2) is 9.97 Å². The van der Waals surface area contributed by atoms with Crippen LogP contribution in [0.1, 0.15) is 0 Å². The monoisotopic (exact) mass is 342 g/mol. The standard InChI is InChI=1S/C20H18N6/c21-18-15(9-10-23-19(18)22)13-5-7-14(8-6-13)25-11-12-26-17-4-2-1-3-16(17)24-20(25)26/h1-10H,11-12,21H2,(H2,22,23). The lowest BCUT2D eigenvalue weighted by atomic mass is 10.0. The number of para-hydroxylation sites is 2. The van der Waals surface area contributed by atoms with Crippen LogP contribution in [0.3, 0.4) is 0 Å². The summed E-state index contributed by atoms with van der Waals surface area (Å²) in [5.41, 5.74) is 17.7. The summed E-state index contributed by atoms with van der Waals surface area (Å²) in [6.45, 7) is 1.85. The minimum atomic E-state index is 0.361. The van der Waals surface area contributed by atoms with E-state index in [1.165, 1.54) is 5.52 Å². The molecule has 128 valence electrons. The van der Waals surface area contributed by atoms with Gasteiger partial charge in [-0.3, -0.25) is 0 Å². The minimum Gasteiger partial charge on any atom is -0.395 e. The van der Waals surface area contributed by atoms with E-state index in [2.05, 4.69) is 56.9 Å². The van der Waals surface area contributed by atoms with Crippen LogP contribution < -0.4 is 16.4 Å². The molecule has 0 saturated heterocycles. The number of hydrogen-bond acceptors (Lipinski definition) is 5. The van der Waals surface area contributed by atoms with Crippen LogP contribution >= 0.6 is 0 Å². The van der Waals surface area contributed by atoms with Gasteiger partial charge in [-0.05, 0) is 35.9 Å². The predicted molar refractivity (Wildman–Crippen MR) is 105 cm³/mol. The third kappa shape index (κ3) is 2.12. The average molecular weight is 342 g/mol. The maximum absolute atomic E-state index is 6.07. The largest absolute Gasteiger partial charge is 0.395 e. The maximum atomic E-state index is 6.07. The summed E-state index contributed by atoms with van der Waals surface area (Å²) < 4.78 is 2.27. The molecule has 0 aliphatic carbocycles. The lowest BCUT2D eigenvalue weighted by Crippen LogP contribution is -2.13. The second-order valence-corrected chi connectivity index (χ2v) is 6.41. The van der Waals surface area contributed by atoms with Crippen molar-refractivity contribution in [2.75, 3.05) is 22.9 Å². The molecular formula is C20H18N6. The van der Waals surface area contributed by atoms with Crippen LogP contribution in [0.2, 0.25) is 0 Å². The quantitative estimate of drug-likeness (QED) is 0.583. The maximum Gasteiger partial charge on any atom is 0.211 e. The van der Waals surface area contributed by atoms with Crippen molar-refractivity contribution in [1.29, 1.82) is 0 Å². The molecule has 0 bridgehead atoms. The van der Waals surface area contributed by atoms with Crippen molar-refractivity contribution in [3.63, 3.8) is 0 Å². The Kier molecular flexibility index (Phi) is 3.12. The number of anilines is 4. The molecule has 6 nitrogen and oxygen atoms in total. The Hall–Kier alpha value is -3.54. The number of imidazole rings is 1. The van der Waals surface area contributed by atoms with Crippen molar-refractivity contribution in [2.45, 2.75) is 6.54 Å². The summed E-state index contributed by atoms with van der Waals surface area (Å²) in [5, 5.41) is 0. The van der Waals surface area contributed by atoms with Crippen LogP contribution in [0.25, 0.3) is 22.2 Å². The van der Waals surface area contributed by atoms with E-state index < -0.39 is 0 Å². The number of nitrogens with two attached hydrogens (primary N) is 2. The predicted octanol–water partition coefficient (Wildman–Crippen LogP) is 3.41. The lowest BCUT2D eigenvalue weighted by molar-refractivity contribution is 0.825. The Morgan fingerprint density at radius 2 is 1.69 bits per heavy atom. The highest BCUT2D eigenvalue weighted by Crippen LogP contribution is 2.35. The third-order valence-corrected chi connectivity index (χ3v) is 4.93. The topological polar surface area (TPSA) is 86.0 Å². The van der Waals surface area contributed by atoms with Crippen LogP contribution in [0.4, 0.5) is 23.1 Å². The van der Waals surface area contributed by atoms with Gasteiger partial charge in [0.05, 0.1) is 16.7 Å². The SMILES string of the molecule is Nc1nccc(-c2ccc(N3CCn4c3nc3ccccc34)cc2)c1N. The summed E-state index contributed by atoms with van der Waals surface area (Å²) >= 11 is 0. The van der Waals surface area contributed by atoms with Crippen molar-refractivity contribution < 1.29 is 0 Å². The third-order valence-electron chi connectivity index (χ3n) is 4.93. The van der Waals surface area contributed by atoms with Crippen molar-refractivity contribution in [3.8, 4) is 11.1 Å². The number of nitrogens with zero attached hydrogens (tertiary/aromatic N) is 4. The Labute approximate surface area is 150 Å². The van der Waals surface area contributed by atoms with Crippen LogP contribution in [-0.4, -0.2) is 21.1 Å². The van der Waals surface area contributed by atoms with Crippen LogP contribution in [-0.2, 0) is 6.54 Å². The molecule has 0 unspecified atom stereocenters. The smallest absolute Gasteiger partial charge is 0.211 e. The van der Waals surface area contributed by atoms with E-state index in [0.29, 0.717) is 11.5 Å². The van der Waals surface area contributed by atoms with Gasteiger partial charge < -0.3 is 20.9 Å². The number of fused-ring (bicyclic) bond motifs is 3. The lowest BCUT2D eigenvalue weighted by Gasteiger charge is -2.17. The van der Waals surface area contributed by atoms with E-state index in [1.807, 2.05) is 12.1 Å². The Morgan fingerprint density at radius 1 is 0.885 bits per heavy atom. The number of rotatable bonds is 2. The zero-order valence-electron chi connectivity index (χ0n) is 14.1. The van der Waals surface area contributed by atoms with Gasteiger partial charge in [0, 0.05) is 30.5 Å². The fraction of sp³-hybridized carbons (Fsp3) is 0.100. The van der Waals surface area contributed by atoms with Gasteiger partial charge in [-0.1, -0.05) is 24.3 Å². The van der Waals surface area contributed by atoms with E-state index in [1.54, 1.807) is 6.20 Å². The summed E-state index contributed by atoms with van der Waals surface area (Å²) in [6.07, 6.45) is 1.68. The van der Waals surface area contributed by atoms with Crippen molar-refractivity contribution in [3.05, 3.63) is 60.8 Å². The number of nitrogen functional groups attached to an aromatic ring is 2. The van der Waals surface area contributed by atoms with Crippen molar-refractivity contribution >= 4 is 34.2 Å². The molecule has 1 aliphatic rings. The van der Waals surface area contributed by atoms with E-state index in [-0.39, 0.29) is 0 Å². The molecule has 4 aromatic rings. The Balaban J connectivity index is 1.52. The molecule has 0 fully saturated rings. The highest BCUT2D eigenvalue weighted by Gasteiger charge is 2.24. The number of hydrogen-bond donors (Lipinski definition) is 2. The first-order chi connectivity index (χ1) is 12.7. The highest BCUT2D eigenvalue weighted by atomic mass is 15.4. The van der Waals surface area contributed by atoms with E-state index in [4.69, 9.17) is 16.5 Å². The van der Waals surface area contributed by atoms with Gasteiger partial charge in [0.15, 0.2) is 0 Å². The fourth-order valence-corrected chi connectivity index (χ4v) is 3.60. The van der Waals surface area contributed by atoms with Gasteiger partial charge in [-0.2, -0.15) is 0 Å². The number of benzene rings is 2. The molecule has 0 spiro atoms. The molecule has 0 radical (unpaired) electrons. The van der Waals surface area contributed by atoms with E-state index in [0.717, 1.165) is 41.4 Å². The second kappa shape index (κ2) is 5.49. The number of pyridine rings is 1. The number of aromatic nitrogens is 3. The summed E-state index contributed by atoms with van der Waals surface area (Å²) in [5.74, 6) is 1.35. The van der Waals surface area contributed by atoms with Gasteiger partial charge in [-0.15, -0.1) is 0 Å². The first kappa shape index (κ1) is 14.8. The summed E-state index contributed by atoms with van der Waals surface area (Å²) in [7, 11) is 0. The zero-order valence-corrected chi connectivity index (χ0v) is 14.1. The molecule has 3 heterocycles. The highest BCUT2D eigenvalue weighted by molar-refractivity contribution is 5.84. The van der Waals surface area contributed by atoms with Gasteiger partial charge in [0.25, 0.3) is 0 Å². The van der Waals surface area contributed by atoms with Crippen LogP contribution in [0, 0.1) is 0 Å². The Morgan fingerprint density at radius 3 is 2.54 bits per heavy atom. The molecule has 4 N–H and O–H groups in total. The van der Waals surface area contributed by atoms with E-state index >= 15 is 0 Å². The van der Waals surface area contributed by atoms with Crippen molar-refractivity contribution in [2.24, 2.45) is 0 Å². The first-order valence-electron chi connectivity index (χ1n) is 8.55. The van der Waals surface area contributed by atoms with Crippen LogP contribution in [0.15, 0.2) is 60.8 Å². The molecule has 0 amide bonds. The van der Waals surface area contributed by atoms with Crippen LogP contribution in [0.5, 0.6) is 0 Å². The Bertz CT molecular complexity index is 1110. The molecule has 1 aliphatic heterocycles. The molecular weight excluding hydrogens is 324 g/mol. The van der Waals surface area contributed by atoms with Gasteiger partial charge in [0.2, 0.25) is 5.95 Å². The van der Waals surface area contributed by atoms with Gasteiger partial charge in [0.1, 0.15) is 5.82 Å². The molecule has 5 rings (SSSR count). The van der Waals surface area contributed by atoms with Gasteiger partial charge >= 0.3 is 0 Å². The molecule has 2 aromatic heterocycles. The minimum absolute atomic E-state index is 0.361.